The highest BCUT2D eigenvalue weighted by atomic mass is 16.3. The third kappa shape index (κ3) is 1.29. The molecule has 0 atom stereocenters. The second kappa shape index (κ2) is 3.15. The van der Waals surface area contributed by atoms with E-state index >= 15 is 0 Å². The van der Waals surface area contributed by atoms with E-state index in [0.717, 1.165) is 16.6 Å². The molecule has 0 saturated heterocycles. The summed E-state index contributed by atoms with van der Waals surface area (Å²) in [7, 11) is 0. The van der Waals surface area contributed by atoms with Crippen molar-refractivity contribution in [1.29, 1.82) is 0 Å². The molecule has 0 aliphatic heterocycles. The Morgan fingerprint density at radius 2 is 1.92 bits per heavy atom. The minimum Gasteiger partial charge on any atom is -0.390 e. The number of nitrogens with zero attached hydrogens (tertiary/aromatic N) is 1. The van der Waals surface area contributed by atoms with Gasteiger partial charge in [-0.2, -0.15) is 0 Å². The maximum Gasteiger partial charge on any atom is 0.0859 e. The third-order valence-corrected chi connectivity index (χ3v) is 2.23. The third-order valence-electron chi connectivity index (χ3n) is 2.23. The first-order chi connectivity index (χ1) is 6.33. The highest BCUT2D eigenvalue weighted by Gasteiger charge is 2.02. The molecule has 0 radical (unpaired) electrons. The van der Waals surface area contributed by atoms with E-state index < -0.39 is 0 Å². The van der Waals surface area contributed by atoms with E-state index in [-0.39, 0.29) is 6.61 Å². The minimum absolute atomic E-state index is 0.000787. The molecule has 1 N–H and O–H groups in total. The van der Waals surface area contributed by atoms with Gasteiger partial charge in [0.25, 0.3) is 0 Å². The molecular formula is C11H11NO. The van der Waals surface area contributed by atoms with Crippen molar-refractivity contribution in [2.45, 2.75) is 13.5 Å². The molecule has 1 heterocycles. The first-order valence-electron chi connectivity index (χ1n) is 4.27. The molecular weight excluding hydrogens is 162 g/mol. The van der Waals surface area contributed by atoms with Gasteiger partial charge in [-0.3, -0.25) is 4.98 Å². The molecule has 0 bridgehead atoms. The number of hydrogen-bond donors (Lipinski definition) is 1. The fourth-order valence-electron chi connectivity index (χ4n) is 1.52. The van der Waals surface area contributed by atoms with Crippen LogP contribution < -0.4 is 0 Å². The zero-order valence-electron chi connectivity index (χ0n) is 7.49. The van der Waals surface area contributed by atoms with E-state index in [9.17, 15) is 0 Å². The highest BCUT2D eigenvalue weighted by molar-refractivity contribution is 5.86. The standard InChI is InChI=1S/C11H11NO/c1-8-6-12-11(7-13)10-5-3-2-4-9(8)10/h2-6,13H,7H2,1H3. The van der Waals surface area contributed by atoms with Gasteiger partial charge < -0.3 is 5.11 Å². The van der Waals surface area contributed by atoms with Crippen molar-refractivity contribution in [2.75, 3.05) is 0 Å². The van der Waals surface area contributed by atoms with E-state index in [1.165, 1.54) is 5.39 Å². The Hall–Kier alpha value is -1.41. The van der Waals surface area contributed by atoms with Gasteiger partial charge in [-0.1, -0.05) is 24.3 Å². The molecule has 0 unspecified atom stereocenters. The Labute approximate surface area is 76.9 Å². The molecule has 66 valence electrons. The lowest BCUT2D eigenvalue weighted by Crippen LogP contribution is -1.92. The molecule has 0 fully saturated rings. The van der Waals surface area contributed by atoms with Crippen LogP contribution in [-0.2, 0) is 6.61 Å². The number of aryl methyl sites for hydroxylation is 1. The summed E-state index contributed by atoms with van der Waals surface area (Å²) in [6.07, 6.45) is 1.80. The lowest BCUT2D eigenvalue weighted by Gasteiger charge is -2.04. The topological polar surface area (TPSA) is 33.1 Å². The van der Waals surface area contributed by atoms with Crippen LogP contribution in [0.5, 0.6) is 0 Å². The molecule has 0 aliphatic rings. The Bertz CT molecular complexity index is 437. The number of rotatable bonds is 1. The summed E-state index contributed by atoms with van der Waals surface area (Å²) >= 11 is 0. The van der Waals surface area contributed by atoms with Crippen molar-refractivity contribution in [2.24, 2.45) is 0 Å². The lowest BCUT2D eigenvalue weighted by molar-refractivity contribution is 0.278. The molecule has 2 aromatic rings. The molecule has 2 heteroatoms. The van der Waals surface area contributed by atoms with Crippen LogP contribution in [0.2, 0.25) is 0 Å². The summed E-state index contributed by atoms with van der Waals surface area (Å²) in [6, 6.07) is 7.99. The normalized spacial score (nSPS) is 10.6. The van der Waals surface area contributed by atoms with E-state index in [1.54, 1.807) is 6.20 Å². The quantitative estimate of drug-likeness (QED) is 0.715. The molecule has 13 heavy (non-hydrogen) atoms. The zero-order chi connectivity index (χ0) is 9.26. The molecule has 1 aromatic carbocycles. The van der Waals surface area contributed by atoms with Gasteiger partial charge >= 0.3 is 0 Å². The van der Waals surface area contributed by atoms with Gasteiger partial charge in [0.2, 0.25) is 0 Å². The van der Waals surface area contributed by atoms with Gasteiger partial charge in [0.05, 0.1) is 12.3 Å². The number of aliphatic hydroxyl groups excluding tert-OH is 1. The van der Waals surface area contributed by atoms with Crippen LogP contribution in [-0.4, -0.2) is 10.1 Å². The van der Waals surface area contributed by atoms with E-state index in [1.807, 2.05) is 31.2 Å². The van der Waals surface area contributed by atoms with Gasteiger partial charge in [-0.05, 0) is 17.9 Å². The smallest absolute Gasteiger partial charge is 0.0859 e. The second-order valence-electron chi connectivity index (χ2n) is 3.09. The fourth-order valence-corrected chi connectivity index (χ4v) is 1.52. The number of fused-ring (bicyclic) bond motifs is 1. The molecule has 0 spiro atoms. The Kier molecular flexibility index (Phi) is 1.99. The number of aromatic nitrogens is 1. The molecule has 0 aliphatic carbocycles. The molecule has 1 aromatic heterocycles. The van der Waals surface area contributed by atoms with E-state index in [0.29, 0.717) is 0 Å². The zero-order valence-corrected chi connectivity index (χ0v) is 7.49. The van der Waals surface area contributed by atoms with Gasteiger partial charge in [0.15, 0.2) is 0 Å². The van der Waals surface area contributed by atoms with Crippen LogP contribution in [0.4, 0.5) is 0 Å². The average Bonchev–Trinajstić information content (AvgIpc) is 2.19. The first-order valence-corrected chi connectivity index (χ1v) is 4.27. The van der Waals surface area contributed by atoms with Crippen molar-refractivity contribution in [1.82, 2.24) is 4.98 Å². The van der Waals surface area contributed by atoms with Crippen molar-refractivity contribution in [3.63, 3.8) is 0 Å². The summed E-state index contributed by atoms with van der Waals surface area (Å²) in [5.41, 5.74) is 1.90. The summed E-state index contributed by atoms with van der Waals surface area (Å²) in [6.45, 7) is 2.03. The maximum atomic E-state index is 9.06. The molecule has 0 saturated carbocycles. The first kappa shape index (κ1) is 8.20. The van der Waals surface area contributed by atoms with Crippen LogP contribution in [0.3, 0.4) is 0 Å². The van der Waals surface area contributed by atoms with Crippen molar-refractivity contribution >= 4 is 10.8 Å². The Morgan fingerprint density at radius 1 is 1.23 bits per heavy atom. The number of aliphatic hydroxyl groups is 1. The van der Waals surface area contributed by atoms with Gasteiger partial charge in [0, 0.05) is 11.6 Å². The Morgan fingerprint density at radius 3 is 2.62 bits per heavy atom. The minimum atomic E-state index is 0.000787. The predicted octanol–water partition coefficient (Wildman–Crippen LogP) is 2.04. The van der Waals surface area contributed by atoms with Gasteiger partial charge in [0.1, 0.15) is 0 Å². The largest absolute Gasteiger partial charge is 0.390 e. The number of hydrogen-bond acceptors (Lipinski definition) is 2. The fraction of sp³-hybridized carbons (Fsp3) is 0.182. The van der Waals surface area contributed by atoms with Crippen LogP contribution >= 0.6 is 0 Å². The van der Waals surface area contributed by atoms with Crippen LogP contribution in [0.1, 0.15) is 11.3 Å². The predicted molar refractivity (Wildman–Crippen MR) is 52.4 cm³/mol. The van der Waals surface area contributed by atoms with Crippen molar-refractivity contribution in [3.8, 4) is 0 Å². The van der Waals surface area contributed by atoms with E-state index in [4.69, 9.17) is 5.11 Å². The summed E-state index contributed by atoms with van der Waals surface area (Å²) in [5, 5.41) is 11.3. The molecule has 0 amide bonds. The summed E-state index contributed by atoms with van der Waals surface area (Å²) in [4.78, 5) is 4.17. The lowest BCUT2D eigenvalue weighted by atomic mass is 10.1. The van der Waals surface area contributed by atoms with Crippen LogP contribution in [0.25, 0.3) is 10.8 Å². The van der Waals surface area contributed by atoms with Crippen molar-refractivity contribution < 1.29 is 5.11 Å². The van der Waals surface area contributed by atoms with Crippen LogP contribution in [0, 0.1) is 6.92 Å². The highest BCUT2D eigenvalue weighted by Crippen LogP contribution is 2.19. The SMILES string of the molecule is Cc1cnc(CO)c2ccccc12. The summed E-state index contributed by atoms with van der Waals surface area (Å²) < 4.78 is 0. The van der Waals surface area contributed by atoms with Gasteiger partial charge in [-0.15, -0.1) is 0 Å². The number of pyridine rings is 1. The van der Waals surface area contributed by atoms with Crippen LogP contribution in [0.15, 0.2) is 30.5 Å². The van der Waals surface area contributed by atoms with Crippen molar-refractivity contribution in [3.05, 3.63) is 41.7 Å². The molecule has 2 nitrogen and oxygen atoms in total. The Balaban J connectivity index is 2.84. The monoisotopic (exact) mass is 173 g/mol. The maximum absolute atomic E-state index is 9.06. The number of benzene rings is 1. The average molecular weight is 173 g/mol. The van der Waals surface area contributed by atoms with E-state index in [2.05, 4.69) is 4.98 Å². The second-order valence-corrected chi connectivity index (χ2v) is 3.09. The van der Waals surface area contributed by atoms with Gasteiger partial charge in [-0.25, -0.2) is 0 Å². The molecule has 2 rings (SSSR count). The summed E-state index contributed by atoms with van der Waals surface area (Å²) in [5.74, 6) is 0.